The van der Waals surface area contributed by atoms with E-state index in [4.69, 9.17) is 5.11 Å². The molecular weight excluding hydrogens is 172 g/mol. The number of piperidine rings is 1. The topological polar surface area (TPSA) is 69.6 Å². The van der Waals surface area contributed by atoms with Gasteiger partial charge >= 0.3 is 5.97 Å². The molecule has 5 nitrogen and oxygen atoms in total. The van der Waals surface area contributed by atoms with Gasteiger partial charge in [0.15, 0.2) is 0 Å². The Kier molecular flexibility index (Phi) is 1.60. The SMILES string of the molecule is CN1C(=O)C2CC1(C(=O)O)CCN2. The first-order chi connectivity index (χ1) is 6.08. The number of carbonyl (C=O) groups is 2. The van der Waals surface area contributed by atoms with Crippen LogP contribution in [-0.4, -0.2) is 47.1 Å². The number of nitrogens with one attached hydrogen (secondary N) is 1. The second-order valence-electron chi connectivity index (χ2n) is 3.69. The fourth-order valence-corrected chi connectivity index (χ4v) is 2.23. The quantitative estimate of drug-likeness (QED) is 0.550. The van der Waals surface area contributed by atoms with Gasteiger partial charge in [0.05, 0.1) is 6.04 Å². The van der Waals surface area contributed by atoms with E-state index in [1.165, 1.54) is 4.90 Å². The van der Waals surface area contributed by atoms with Crippen LogP contribution >= 0.6 is 0 Å². The van der Waals surface area contributed by atoms with E-state index in [2.05, 4.69) is 5.32 Å². The second kappa shape index (κ2) is 2.45. The van der Waals surface area contributed by atoms with Gasteiger partial charge < -0.3 is 15.3 Å². The molecule has 2 N–H and O–H groups in total. The Bertz CT molecular complexity index is 279. The third-order valence-corrected chi connectivity index (χ3v) is 3.14. The lowest BCUT2D eigenvalue weighted by molar-refractivity contribution is -0.153. The van der Waals surface area contributed by atoms with Crippen LogP contribution in [0, 0.1) is 0 Å². The van der Waals surface area contributed by atoms with Crippen molar-refractivity contribution in [2.45, 2.75) is 24.4 Å². The second-order valence-corrected chi connectivity index (χ2v) is 3.69. The average molecular weight is 184 g/mol. The Morgan fingerprint density at radius 2 is 2.46 bits per heavy atom. The number of hydrogen-bond donors (Lipinski definition) is 2. The lowest BCUT2D eigenvalue weighted by Crippen LogP contribution is -2.52. The largest absolute Gasteiger partial charge is 0.479 e. The van der Waals surface area contributed by atoms with Crippen molar-refractivity contribution >= 4 is 11.9 Å². The summed E-state index contributed by atoms with van der Waals surface area (Å²) in [5.41, 5.74) is -0.938. The van der Waals surface area contributed by atoms with Crippen molar-refractivity contribution in [1.29, 1.82) is 0 Å². The van der Waals surface area contributed by atoms with Gasteiger partial charge in [-0.15, -0.1) is 0 Å². The highest BCUT2D eigenvalue weighted by molar-refractivity contribution is 5.94. The molecule has 2 saturated heterocycles. The molecule has 2 unspecified atom stereocenters. The molecule has 0 aromatic heterocycles. The minimum Gasteiger partial charge on any atom is -0.479 e. The van der Waals surface area contributed by atoms with Crippen molar-refractivity contribution in [3.8, 4) is 0 Å². The number of amides is 1. The molecule has 2 rings (SSSR count). The average Bonchev–Trinajstić information content (AvgIpc) is 2.29. The van der Waals surface area contributed by atoms with Crippen LogP contribution in [-0.2, 0) is 9.59 Å². The van der Waals surface area contributed by atoms with Crippen molar-refractivity contribution < 1.29 is 14.7 Å². The summed E-state index contributed by atoms with van der Waals surface area (Å²) >= 11 is 0. The van der Waals surface area contributed by atoms with Gasteiger partial charge in [0, 0.05) is 13.5 Å². The highest BCUT2D eigenvalue weighted by Crippen LogP contribution is 2.35. The molecule has 2 bridgehead atoms. The summed E-state index contributed by atoms with van der Waals surface area (Å²) < 4.78 is 0. The van der Waals surface area contributed by atoms with Crippen LogP contribution in [0.4, 0.5) is 0 Å². The molecule has 72 valence electrons. The smallest absolute Gasteiger partial charge is 0.329 e. The number of hydrogen-bond acceptors (Lipinski definition) is 3. The number of carboxylic acids is 1. The monoisotopic (exact) mass is 184 g/mol. The van der Waals surface area contributed by atoms with Gasteiger partial charge in [-0.1, -0.05) is 0 Å². The fourth-order valence-electron chi connectivity index (χ4n) is 2.23. The molecule has 1 amide bonds. The van der Waals surface area contributed by atoms with Crippen LogP contribution in [0.5, 0.6) is 0 Å². The van der Waals surface area contributed by atoms with Crippen molar-refractivity contribution in [3.63, 3.8) is 0 Å². The summed E-state index contributed by atoms with van der Waals surface area (Å²) in [4.78, 5) is 23.9. The van der Waals surface area contributed by atoms with Gasteiger partial charge in [0.2, 0.25) is 5.91 Å². The Hall–Kier alpha value is -1.10. The van der Waals surface area contributed by atoms with E-state index >= 15 is 0 Å². The summed E-state index contributed by atoms with van der Waals surface area (Å²) in [5.74, 6) is -0.979. The van der Waals surface area contributed by atoms with Gasteiger partial charge in [-0.25, -0.2) is 4.79 Å². The highest BCUT2D eigenvalue weighted by Gasteiger charge is 2.56. The molecule has 0 spiro atoms. The molecule has 0 aromatic rings. The van der Waals surface area contributed by atoms with E-state index in [1.807, 2.05) is 0 Å². The van der Waals surface area contributed by atoms with E-state index < -0.39 is 11.5 Å². The normalized spacial score (nSPS) is 38.1. The number of rotatable bonds is 1. The standard InChI is InChI=1S/C8H12N2O3/c1-10-6(11)5-4-8(10,7(12)13)2-3-9-5/h5,9H,2-4H2,1H3,(H,12,13). The number of fused-ring (bicyclic) bond motifs is 2. The summed E-state index contributed by atoms with van der Waals surface area (Å²) in [7, 11) is 1.57. The van der Waals surface area contributed by atoms with E-state index in [0.717, 1.165) is 0 Å². The molecule has 2 aliphatic heterocycles. The van der Waals surface area contributed by atoms with Crippen LogP contribution in [0.15, 0.2) is 0 Å². The zero-order valence-corrected chi connectivity index (χ0v) is 7.41. The van der Waals surface area contributed by atoms with E-state index in [1.54, 1.807) is 7.05 Å². The molecule has 2 aliphatic rings. The zero-order valence-electron chi connectivity index (χ0n) is 7.41. The third kappa shape index (κ3) is 0.904. The highest BCUT2D eigenvalue weighted by atomic mass is 16.4. The Balaban J connectivity index is 2.38. The number of likely N-dealkylation sites (N-methyl/N-ethyl adjacent to an activating group) is 1. The van der Waals surface area contributed by atoms with Crippen molar-refractivity contribution in [1.82, 2.24) is 10.2 Å². The van der Waals surface area contributed by atoms with Gasteiger partial charge in [0.25, 0.3) is 0 Å². The minimum atomic E-state index is -0.938. The molecule has 0 saturated carbocycles. The number of carbonyl (C=O) groups excluding carboxylic acids is 1. The summed E-state index contributed by atoms with van der Waals surface area (Å²) in [6, 6.07) is -0.283. The zero-order chi connectivity index (χ0) is 9.64. The molecule has 0 radical (unpaired) electrons. The van der Waals surface area contributed by atoms with Gasteiger partial charge in [0.1, 0.15) is 5.54 Å². The maximum Gasteiger partial charge on any atom is 0.329 e. The maximum absolute atomic E-state index is 11.5. The number of aliphatic carboxylic acids is 1. The van der Waals surface area contributed by atoms with Gasteiger partial charge in [-0.3, -0.25) is 4.79 Å². The van der Waals surface area contributed by atoms with Crippen molar-refractivity contribution in [3.05, 3.63) is 0 Å². The number of likely N-dealkylation sites (tertiary alicyclic amines) is 1. The first-order valence-corrected chi connectivity index (χ1v) is 4.32. The third-order valence-electron chi connectivity index (χ3n) is 3.14. The lowest BCUT2D eigenvalue weighted by Gasteiger charge is -2.32. The minimum absolute atomic E-state index is 0.0973. The first kappa shape index (κ1) is 8.50. The fraction of sp³-hybridized carbons (Fsp3) is 0.750. The molecule has 0 aliphatic carbocycles. The number of nitrogens with zero attached hydrogens (tertiary/aromatic N) is 1. The van der Waals surface area contributed by atoms with E-state index in [-0.39, 0.29) is 11.9 Å². The van der Waals surface area contributed by atoms with Crippen LogP contribution in [0.25, 0.3) is 0 Å². The predicted molar refractivity (Wildman–Crippen MR) is 44.2 cm³/mol. The first-order valence-electron chi connectivity index (χ1n) is 4.32. The summed E-state index contributed by atoms with van der Waals surface area (Å²) in [6.45, 7) is 0.604. The summed E-state index contributed by atoms with van der Waals surface area (Å²) in [5, 5.41) is 12.1. The molecule has 2 heterocycles. The van der Waals surface area contributed by atoms with Crippen LogP contribution in [0.2, 0.25) is 0 Å². The molecule has 5 heteroatoms. The van der Waals surface area contributed by atoms with Gasteiger partial charge in [-0.2, -0.15) is 0 Å². The molecular formula is C8H12N2O3. The number of carboxylic acid groups (broad SMARTS) is 1. The predicted octanol–water partition coefficient (Wildman–Crippen LogP) is -0.966. The molecule has 2 fully saturated rings. The van der Waals surface area contributed by atoms with E-state index in [0.29, 0.717) is 19.4 Å². The Labute approximate surface area is 75.7 Å². The van der Waals surface area contributed by atoms with Crippen LogP contribution in [0.1, 0.15) is 12.8 Å². The summed E-state index contributed by atoms with van der Waals surface area (Å²) in [6.07, 6.45) is 0.902. The van der Waals surface area contributed by atoms with Gasteiger partial charge in [-0.05, 0) is 13.0 Å². The molecule has 0 aromatic carbocycles. The van der Waals surface area contributed by atoms with Crippen molar-refractivity contribution in [2.24, 2.45) is 0 Å². The molecule has 2 atom stereocenters. The Morgan fingerprint density at radius 3 is 3.00 bits per heavy atom. The maximum atomic E-state index is 11.5. The van der Waals surface area contributed by atoms with Crippen LogP contribution < -0.4 is 5.32 Å². The van der Waals surface area contributed by atoms with Crippen molar-refractivity contribution in [2.75, 3.05) is 13.6 Å². The molecule has 13 heavy (non-hydrogen) atoms. The Morgan fingerprint density at radius 1 is 1.77 bits per heavy atom. The van der Waals surface area contributed by atoms with Crippen LogP contribution in [0.3, 0.4) is 0 Å². The van der Waals surface area contributed by atoms with E-state index in [9.17, 15) is 9.59 Å². The lowest BCUT2D eigenvalue weighted by atomic mass is 9.88.